The lowest BCUT2D eigenvalue weighted by molar-refractivity contribution is 0.115. The fraction of sp³-hybridized carbons (Fsp3) is 0.714. The predicted molar refractivity (Wildman–Crippen MR) is 75.6 cm³/mol. The number of piperidine rings is 1. The maximum absolute atomic E-state index is 9.76. The summed E-state index contributed by atoms with van der Waals surface area (Å²) in [7, 11) is 0. The van der Waals surface area contributed by atoms with Gasteiger partial charge in [0.05, 0.1) is 6.10 Å². The fourth-order valence-corrected chi connectivity index (χ4v) is 2.90. The zero-order chi connectivity index (χ0) is 13.4. The third kappa shape index (κ3) is 3.00. The summed E-state index contributed by atoms with van der Waals surface area (Å²) in [5.41, 5.74) is 0. The molecule has 2 heterocycles. The van der Waals surface area contributed by atoms with Crippen LogP contribution in [0.4, 0.5) is 5.82 Å². The molecule has 2 unspecified atom stereocenters. The Hall–Kier alpha value is -0.870. The average molecular weight is 282 g/mol. The van der Waals surface area contributed by atoms with Gasteiger partial charge in [-0.3, -0.25) is 0 Å². The van der Waals surface area contributed by atoms with E-state index < -0.39 is 0 Å². The summed E-state index contributed by atoms with van der Waals surface area (Å²) in [4.78, 5) is 11.2. The summed E-state index contributed by atoms with van der Waals surface area (Å²) in [6.07, 6.45) is 4.27. The molecule has 0 spiro atoms. The molecule has 5 heteroatoms. The second-order valence-electron chi connectivity index (χ2n) is 5.77. The van der Waals surface area contributed by atoms with E-state index in [4.69, 9.17) is 11.6 Å². The smallest absolute Gasteiger partial charge is 0.135 e. The number of hydrogen-bond acceptors (Lipinski definition) is 4. The number of halogens is 1. The number of anilines is 1. The van der Waals surface area contributed by atoms with Crippen LogP contribution >= 0.6 is 11.6 Å². The molecule has 4 nitrogen and oxygen atoms in total. The van der Waals surface area contributed by atoms with Crippen LogP contribution in [0.3, 0.4) is 0 Å². The van der Waals surface area contributed by atoms with E-state index in [1.165, 1.54) is 12.8 Å². The highest BCUT2D eigenvalue weighted by Crippen LogP contribution is 2.39. The van der Waals surface area contributed by atoms with E-state index in [9.17, 15) is 5.11 Å². The van der Waals surface area contributed by atoms with Crippen LogP contribution in [-0.4, -0.2) is 34.3 Å². The Morgan fingerprint density at radius 1 is 1.37 bits per heavy atom. The molecule has 2 aliphatic rings. The van der Waals surface area contributed by atoms with Gasteiger partial charge < -0.3 is 10.0 Å². The predicted octanol–water partition coefficient (Wildman–Crippen LogP) is 2.60. The highest BCUT2D eigenvalue weighted by atomic mass is 35.5. The molecule has 0 radical (unpaired) electrons. The van der Waals surface area contributed by atoms with Crippen molar-refractivity contribution in [2.75, 3.05) is 18.0 Å². The summed E-state index contributed by atoms with van der Waals surface area (Å²) in [6, 6.07) is 1.85. The SMILES string of the molecule is CC(O)C1CCCN(c2cc(Cl)nc(C3CC3)n2)C1. The van der Waals surface area contributed by atoms with Crippen molar-refractivity contribution in [1.82, 2.24) is 9.97 Å². The van der Waals surface area contributed by atoms with Crippen LogP contribution in [0.25, 0.3) is 0 Å². The normalized spacial score (nSPS) is 25.4. The first-order chi connectivity index (χ1) is 9.13. The molecule has 1 saturated carbocycles. The van der Waals surface area contributed by atoms with Crippen LogP contribution in [0.5, 0.6) is 0 Å². The molecule has 104 valence electrons. The summed E-state index contributed by atoms with van der Waals surface area (Å²) < 4.78 is 0. The van der Waals surface area contributed by atoms with E-state index in [2.05, 4.69) is 14.9 Å². The maximum atomic E-state index is 9.76. The molecule has 2 atom stereocenters. The average Bonchev–Trinajstić information content (AvgIpc) is 3.22. The van der Waals surface area contributed by atoms with Crippen LogP contribution < -0.4 is 4.90 Å². The Morgan fingerprint density at radius 2 is 2.16 bits per heavy atom. The van der Waals surface area contributed by atoms with Crippen molar-refractivity contribution >= 4 is 17.4 Å². The number of aliphatic hydroxyl groups is 1. The minimum absolute atomic E-state index is 0.261. The van der Waals surface area contributed by atoms with E-state index in [1.807, 2.05) is 13.0 Å². The molecular formula is C14H20ClN3O. The Morgan fingerprint density at radius 3 is 2.84 bits per heavy atom. The van der Waals surface area contributed by atoms with Gasteiger partial charge in [-0.15, -0.1) is 0 Å². The molecule has 1 aliphatic carbocycles. The van der Waals surface area contributed by atoms with Gasteiger partial charge >= 0.3 is 0 Å². The minimum atomic E-state index is -0.261. The summed E-state index contributed by atoms with van der Waals surface area (Å²) >= 11 is 6.11. The Bertz CT molecular complexity index is 462. The summed E-state index contributed by atoms with van der Waals surface area (Å²) in [5.74, 6) is 2.65. The molecular weight excluding hydrogens is 262 g/mol. The molecule has 0 aromatic carbocycles. The lowest BCUT2D eigenvalue weighted by atomic mass is 9.93. The molecule has 1 aliphatic heterocycles. The zero-order valence-corrected chi connectivity index (χ0v) is 12.0. The van der Waals surface area contributed by atoms with Gasteiger partial charge in [0.2, 0.25) is 0 Å². The summed E-state index contributed by atoms with van der Waals surface area (Å²) in [6.45, 7) is 3.71. The largest absolute Gasteiger partial charge is 0.393 e. The van der Waals surface area contributed by atoms with E-state index in [-0.39, 0.29) is 6.10 Å². The maximum Gasteiger partial charge on any atom is 0.135 e. The lowest BCUT2D eigenvalue weighted by Crippen LogP contribution is -2.40. The molecule has 19 heavy (non-hydrogen) atoms. The zero-order valence-electron chi connectivity index (χ0n) is 11.2. The van der Waals surface area contributed by atoms with Crippen molar-refractivity contribution in [1.29, 1.82) is 0 Å². The third-order valence-corrected chi connectivity index (χ3v) is 4.30. The first-order valence-electron chi connectivity index (χ1n) is 7.11. The third-order valence-electron chi connectivity index (χ3n) is 4.11. The Kier molecular flexibility index (Phi) is 3.63. The quantitative estimate of drug-likeness (QED) is 0.865. The van der Waals surface area contributed by atoms with E-state index in [1.54, 1.807) is 0 Å². The van der Waals surface area contributed by atoms with Crippen molar-refractivity contribution in [3.05, 3.63) is 17.0 Å². The van der Waals surface area contributed by atoms with Gasteiger partial charge in [0.25, 0.3) is 0 Å². The molecule has 1 saturated heterocycles. The monoisotopic (exact) mass is 281 g/mol. The highest BCUT2D eigenvalue weighted by Gasteiger charge is 2.29. The standard InChI is InChI=1S/C14H20ClN3O/c1-9(19)11-3-2-6-18(8-11)13-7-12(15)16-14(17-13)10-4-5-10/h7,9-11,19H,2-6,8H2,1H3. The van der Waals surface area contributed by atoms with E-state index in [0.29, 0.717) is 17.0 Å². The van der Waals surface area contributed by atoms with Gasteiger partial charge in [-0.05, 0) is 32.6 Å². The molecule has 1 aromatic rings. The van der Waals surface area contributed by atoms with Gasteiger partial charge in [-0.2, -0.15) is 0 Å². The first kappa shape index (κ1) is 13.1. The number of rotatable bonds is 3. The van der Waals surface area contributed by atoms with Crippen molar-refractivity contribution in [3.8, 4) is 0 Å². The highest BCUT2D eigenvalue weighted by molar-refractivity contribution is 6.29. The van der Waals surface area contributed by atoms with E-state index >= 15 is 0 Å². The van der Waals surface area contributed by atoms with Crippen LogP contribution in [0, 0.1) is 5.92 Å². The second kappa shape index (κ2) is 5.25. The lowest BCUT2D eigenvalue weighted by Gasteiger charge is -2.35. The van der Waals surface area contributed by atoms with Crippen molar-refractivity contribution < 1.29 is 5.11 Å². The van der Waals surface area contributed by atoms with Crippen LogP contribution in [0.1, 0.15) is 44.3 Å². The van der Waals surface area contributed by atoms with Crippen molar-refractivity contribution in [3.63, 3.8) is 0 Å². The van der Waals surface area contributed by atoms with Crippen LogP contribution in [0.2, 0.25) is 5.15 Å². The fourth-order valence-electron chi connectivity index (χ4n) is 2.72. The molecule has 2 fully saturated rings. The minimum Gasteiger partial charge on any atom is -0.393 e. The van der Waals surface area contributed by atoms with Crippen LogP contribution in [0.15, 0.2) is 6.07 Å². The first-order valence-corrected chi connectivity index (χ1v) is 7.49. The molecule has 1 aromatic heterocycles. The number of aliphatic hydroxyl groups excluding tert-OH is 1. The van der Waals surface area contributed by atoms with Crippen LogP contribution in [-0.2, 0) is 0 Å². The molecule has 0 amide bonds. The van der Waals surface area contributed by atoms with E-state index in [0.717, 1.165) is 37.6 Å². The van der Waals surface area contributed by atoms with Crippen molar-refractivity contribution in [2.24, 2.45) is 5.92 Å². The van der Waals surface area contributed by atoms with Crippen molar-refractivity contribution in [2.45, 2.75) is 44.6 Å². The molecule has 3 rings (SSSR count). The number of hydrogen-bond donors (Lipinski definition) is 1. The van der Waals surface area contributed by atoms with Gasteiger partial charge in [0.1, 0.15) is 16.8 Å². The number of aromatic nitrogens is 2. The number of nitrogens with zero attached hydrogens (tertiary/aromatic N) is 3. The summed E-state index contributed by atoms with van der Waals surface area (Å²) in [5, 5.41) is 10.3. The second-order valence-corrected chi connectivity index (χ2v) is 6.16. The van der Waals surface area contributed by atoms with Gasteiger partial charge in [-0.25, -0.2) is 9.97 Å². The van der Waals surface area contributed by atoms with Gasteiger partial charge in [-0.1, -0.05) is 11.6 Å². The molecule has 0 bridgehead atoms. The molecule has 1 N–H and O–H groups in total. The Balaban J connectivity index is 1.80. The van der Waals surface area contributed by atoms with Gasteiger partial charge in [0.15, 0.2) is 0 Å². The van der Waals surface area contributed by atoms with Gasteiger partial charge in [0, 0.05) is 31.0 Å². The topological polar surface area (TPSA) is 49.2 Å². The Labute approximate surface area is 118 Å².